The second-order valence-electron chi connectivity index (χ2n) is 5.89. The number of carbonyl (C=O) groups is 1. The van der Waals surface area contributed by atoms with Crippen LogP contribution < -0.4 is 11.1 Å². The average Bonchev–Trinajstić information content (AvgIpc) is 2.54. The van der Waals surface area contributed by atoms with Crippen LogP contribution in [-0.2, 0) is 11.3 Å². The molecule has 0 aliphatic rings. The molecule has 124 valence electrons. The standard InChI is InChI=1S/C17H29N3OS/c1-4-13(2)16(19-10-15(18)12-22)17(21)20(3)11-14-8-6-5-7-9-14/h5-9,13,15-16,19,22H,4,10-12,18H2,1-3H3/t13-,15+,16-/m0/s1. The molecule has 1 rings (SSSR count). The summed E-state index contributed by atoms with van der Waals surface area (Å²) in [6, 6.07) is 9.78. The van der Waals surface area contributed by atoms with Crippen molar-refractivity contribution in [3.63, 3.8) is 0 Å². The molecule has 0 saturated heterocycles. The largest absolute Gasteiger partial charge is 0.340 e. The Morgan fingerprint density at radius 2 is 2.00 bits per heavy atom. The van der Waals surface area contributed by atoms with Crippen LogP contribution in [0, 0.1) is 5.92 Å². The minimum absolute atomic E-state index is 0.0397. The summed E-state index contributed by atoms with van der Waals surface area (Å²) in [7, 11) is 1.85. The first-order valence-electron chi connectivity index (χ1n) is 7.88. The highest BCUT2D eigenvalue weighted by molar-refractivity contribution is 7.80. The van der Waals surface area contributed by atoms with Gasteiger partial charge in [-0.1, -0.05) is 50.6 Å². The molecular formula is C17H29N3OS. The van der Waals surface area contributed by atoms with E-state index in [2.05, 4.69) is 31.8 Å². The fourth-order valence-corrected chi connectivity index (χ4v) is 2.41. The fourth-order valence-electron chi connectivity index (χ4n) is 2.28. The minimum Gasteiger partial charge on any atom is -0.340 e. The van der Waals surface area contributed by atoms with E-state index in [0.717, 1.165) is 12.0 Å². The summed E-state index contributed by atoms with van der Waals surface area (Å²) in [5.74, 6) is 0.983. The molecule has 5 heteroatoms. The van der Waals surface area contributed by atoms with Gasteiger partial charge in [0.15, 0.2) is 0 Å². The molecule has 0 aromatic heterocycles. The molecule has 3 N–H and O–H groups in total. The summed E-state index contributed by atoms with van der Waals surface area (Å²) in [5, 5.41) is 3.32. The van der Waals surface area contributed by atoms with E-state index in [4.69, 9.17) is 5.73 Å². The van der Waals surface area contributed by atoms with Gasteiger partial charge in [-0.15, -0.1) is 0 Å². The highest BCUT2D eigenvalue weighted by atomic mass is 32.1. The molecule has 0 fully saturated rings. The Morgan fingerprint density at radius 3 is 2.55 bits per heavy atom. The second kappa shape index (κ2) is 9.87. The molecule has 3 atom stereocenters. The molecule has 0 aliphatic heterocycles. The van der Waals surface area contributed by atoms with Crippen LogP contribution in [0.1, 0.15) is 25.8 Å². The van der Waals surface area contributed by atoms with Crippen molar-refractivity contribution in [3.8, 4) is 0 Å². The molecule has 1 aromatic rings. The van der Waals surface area contributed by atoms with Crippen LogP contribution in [0.15, 0.2) is 30.3 Å². The number of carbonyl (C=O) groups excluding carboxylic acids is 1. The predicted molar refractivity (Wildman–Crippen MR) is 96.0 cm³/mol. The topological polar surface area (TPSA) is 58.4 Å². The Morgan fingerprint density at radius 1 is 1.36 bits per heavy atom. The summed E-state index contributed by atoms with van der Waals surface area (Å²) in [6.45, 7) is 5.41. The second-order valence-corrected chi connectivity index (χ2v) is 6.26. The fraction of sp³-hybridized carbons (Fsp3) is 0.588. The molecular weight excluding hydrogens is 294 g/mol. The van der Waals surface area contributed by atoms with E-state index in [-0.39, 0.29) is 23.9 Å². The number of nitrogens with one attached hydrogen (secondary N) is 1. The van der Waals surface area contributed by atoms with Gasteiger partial charge in [-0.25, -0.2) is 0 Å². The van der Waals surface area contributed by atoms with Crippen LogP contribution in [0.4, 0.5) is 0 Å². The quantitative estimate of drug-likeness (QED) is 0.609. The van der Waals surface area contributed by atoms with Crippen molar-refractivity contribution in [1.82, 2.24) is 10.2 Å². The number of nitrogens with two attached hydrogens (primary N) is 1. The van der Waals surface area contributed by atoms with E-state index >= 15 is 0 Å². The number of rotatable bonds is 9. The Kier molecular flexibility index (Phi) is 8.53. The van der Waals surface area contributed by atoms with Gasteiger partial charge in [0.25, 0.3) is 0 Å². The summed E-state index contributed by atoms with van der Waals surface area (Å²) < 4.78 is 0. The van der Waals surface area contributed by atoms with Crippen molar-refractivity contribution in [1.29, 1.82) is 0 Å². The third-order valence-electron chi connectivity index (χ3n) is 3.95. The number of nitrogens with zero attached hydrogens (tertiary/aromatic N) is 1. The molecule has 0 unspecified atom stereocenters. The van der Waals surface area contributed by atoms with E-state index in [1.807, 2.05) is 37.4 Å². The summed E-state index contributed by atoms with van der Waals surface area (Å²) in [4.78, 5) is 14.5. The van der Waals surface area contributed by atoms with Crippen LogP contribution >= 0.6 is 12.6 Å². The Balaban J connectivity index is 2.69. The zero-order valence-corrected chi connectivity index (χ0v) is 14.7. The molecule has 1 aromatic carbocycles. The van der Waals surface area contributed by atoms with Crippen molar-refractivity contribution in [2.75, 3.05) is 19.3 Å². The van der Waals surface area contributed by atoms with Gasteiger partial charge in [0.1, 0.15) is 0 Å². The number of thiol groups is 1. The summed E-state index contributed by atoms with van der Waals surface area (Å²) >= 11 is 4.19. The molecule has 0 saturated carbocycles. The Labute approximate surface area is 139 Å². The molecule has 0 heterocycles. The van der Waals surface area contributed by atoms with Gasteiger partial charge in [-0.3, -0.25) is 4.79 Å². The zero-order valence-electron chi connectivity index (χ0n) is 13.8. The molecule has 0 radical (unpaired) electrons. The van der Waals surface area contributed by atoms with E-state index < -0.39 is 0 Å². The van der Waals surface area contributed by atoms with Crippen molar-refractivity contribution in [2.45, 2.75) is 38.9 Å². The maximum Gasteiger partial charge on any atom is 0.240 e. The van der Waals surface area contributed by atoms with Gasteiger partial charge >= 0.3 is 0 Å². The first kappa shape index (κ1) is 19.0. The molecule has 0 aliphatic carbocycles. The van der Waals surface area contributed by atoms with Crippen molar-refractivity contribution < 1.29 is 4.79 Å². The van der Waals surface area contributed by atoms with Crippen molar-refractivity contribution in [3.05, 3.63) is 35.9 Å². The number of hydrogen-bond donors (Lipinski definition) is 3. The van der Waals surface area contributed by atoms with Crippen LogP contribution in [-0.4, -0.2) is 42.2 Å². The normalized spacial score (nSPS) is 15.1. The first-order valence-corrected chi connectivity index (χ1v) is 8.51. The predicted octanol–water partition coefficient (Wildman–Crippen LogP) is 1.91. The first-order chi connectivity index (χ1) is 10.5. The molecule has 22 heavy (non-hydrogen) atoms. The van der Waals surface area contributed by atoms with Crippen molar-refractivity contribution in [2.24, 2.45) is 11.7 Å². The smallest absolute Gasteiger partial charge is 0.240 e. The highest BCUT2D eigenvalue weighted by Gasteiger charge is 2.26. The van der Waals surface area contributed by atoms with E-state index in [0.29, 0.717) is 18.8 Å². The number of hydrogen-bond acceptors (Lipinski definition) is 4. The summed E-state index contributed by atoms with van der Waals surface area (Å²) in [6.07, 6.45) is 0.943. The molecule has 1 amide bonds. The average molecular weight is 324 g/mol. The van der Waals surface area contributed by atoms with E-state index in [1.165, 1.54) is 0 Å². The maximum absolute atomic E-state index is 12.8. The monoisotopic (exact) mass is 323 g/mol. The van der Waals surface area contributed by atoms with Crippen LogP contribution in [0.3, 0.4) is 0 Å². The van der Waals surface area contributed by atoms with Gasteiger partial charge in [0.05, 0.1) is 6.04 Å². The third kappa shape index (κ3) is 5.99. The number of likely N-dealkylation sites (N-methyl/N-ethyl adjacent to an activating group) is 1. The molecule has 4 nitrogen and oxygen atoms in total. The van der Waals surface area contributed by atoms with E-state index in [1.54, 1.807) is 4.90 Å². The van der Waals surface area contributed by atoms with Gasteiger partial charge in [0, 0.05) is 31.9 Å². The lowest BCUT2D eigenvalue weighted by Gasteiger charge is -2.29. The number of amides is 1. The maximum atomic E-state index is 12.8. The van der Waals surface area contributed by atoms with Gasteiger partial charge in [0.2, 0.25) is 5.91 Å². The van der Waals surface area contributed by atoms with E-state index in [9.17, 15) is 4.79 Å². The van der Waals surface area contributed by atoms with Gasteiger partial charge < -0.3 is 16.0 Å². The molecule has 0 bridgehead atoms. The SMILES string of the molecule is CC[C@H](C)[C@H](NC[C@@H](N)CS)C(=O)N(C)Cc1ccccc1. The summed E-state index contributed by atoms with van der Waals surface area (Å²) in [5.41, 5.74) is 7.03. The third-order valence-corrected chi connectivity index (χ3v) is 4.42. The van der Waals surface area contributed by atoms with Gasteiger partial charge in [-0.05, 0) is 11.5 Å². The van der Waals surface area contributed by atoms with Crippen LogP contribution in [0.2, 0.25) is 0 Å². The Bertz CT molecular complexity index is 441. The van der Waals surface area contributed by atoms with Crippen LogP contribution in [0.5, 0.6) is 0 Å². The Hall–Kier alpha value is -1.04. The molecule has 0 spiro atoms. The van der Waals surface area contributed by atoms with Crippen LogP contribution in [0.25, 0.3) is 0 Å². The lowest BCUT2D eigenvalue weighted by molar-refractivity contribution is -0.134. The lowest BCUT2D eigenvalue weighted by Crippen LogP contribution is -2.51. The zero-order chi connectivity index (χ0) is 16.5. The lowest BCUT2D eigenvalue weighted by atomic mass is 9.97. The van der Waals surface area contributed by atoms with Gasteiger partial charge in [-0.2, -0.15) is 12.6 Å². The number of benzene rings is 1. The minimum atomic E-state index is -0.204. The highest BCUT2D eigenvalue weighted by Crippen LogP contribution is 2.12. The van der Waals surface area contributed by atoms with Crippen molar-refractivity contribution >= 4 is 18.5 Å².